The van der Waals surface area contributed by atoms with Gasteiger partial charge in [0.25, 0.3) is 0 Å². The number of nitrogens with two attached hydrogens (primary N) is 1. The largest absolute Gasteiger partial charge is 0.396 e. The molecule has 5 heteroatoms. The Labute approximate surface area is 124 Å². The summed E-state index contributed by atoms with van der Waals surface area (Å²) in [6.07, 6.45) is 3.09. The molecular formula is C16H23N3O2. The van der Waals surface area contributed by atoms with Gasteiger partial charge >= 0.3 is 0 Å². The summed E-state index contributed by atoms with van der Waals surface area (Å²) >= 11 is 0. The Balaban J connectivity index is 1.91. The Morgan fingerprint density at radius 3 is 2.95 bits per heavy atom. The smallest absolute Gasteiger partial charge is 0.237 e. The fraction of sp³-hybridized carbons (Fsp3) is 0.438. The molecule has 0 saturated carbocycles. The highest BCUT2D eigenvalue weighted by Gasteiger charge is 2.16. The summed E-state index contributed by atoms with van der Waals surface area (Å²) in [7, 11) is 0. The number of aliphatic hydroxyl groups excluding tert-OH is 1. The van der Waals surface area contributed by atoms with Crippen LogP contribution < -0.4 is 11.1 Å². The van der Waals surface area contributed by atoms with Gasteiger partial charge in [-0.1, -0.05) is 25.1 Å². The molecule has 0 aliphatic heterocycles. The molecule has 2 aromatic rings. The molecular weight excluding hydrogens is 266 g/mol. The van der Waals surface area contributed by atoms with E-state index in [-0.39, 0.29) is 18.4 Å². The molecule has 0 aliphatic carbocycles. The number of benzene rings is 1. The number of rotatable bonds is 7. The monoisotopic (exact) mass is 289 g/mol. The van der Waals surface area contributed by atoms with Gasteiger partial charge in [-0.15, -0.1) is 0 Å². The molecule has 2 rings (SSSR count). The second-order valence-electron chi connectivity index (χ2n) is 5.53. The van der Waals surface area contributed by atoms with E-state index in [2.05, 4.69) is 10.3 Å². The number of carbonyl (C=O) groups excluding carboxylic acids is 1. The molecule has 1 unspecified atom stereocenters. The summed E-state index contributed by atoms with van der Waals surface area (Å²) in [6, 6.07) is 7.40. The van der Waals surface area contributed by atoms with Gasteiger partial charge in [0.1, 0.15) is 0 Å². The van der Waals surface area contributed by atoms with Crippen molar-refractivity contribution in [1.82, 2.24) is 10.3 Å². The van der Waals surface area contributed by atoms with Crippen molar-refractivity contribution < 1.29 is 9.90 Å². The van der Waals surface area contributed by atoms with E-state index < -0.39 is 6.04 Å². The zero-order chi connectivity index (χ0) is 15.2. The van der Waals surface area contributed by atoms with Crippen LogP contribution in [0.5, 0.6) is 0 Å². The molecule has 0 bridgehead atoms. The summed E-state index contributed by atoms with van der Waals surface area (Å²) in [5.41, 5.74) is 8.09. The lowest BCUT2D eigenvalue weighted by atomic mass is 10.0. The average molecular weight is 289 g/mol. The molecule has 0 spiro atoms. The highest BCUT2D eigenvalue weighted by molar-refractivity contribution is 5.86. The van der Waals surface area contributed by atoms with Crippen molar-refractivity contribution in [3.05, 3.63) is 36.0 Å². The van der Waals surface area contributed by atoms with Crippen LogP contribution in [0.25, 0.3) is 10.9 Å². The minimum atomic E-state index is -0.564. The number of aliphatic hydroxyl groups is 1. The topological polar surface area (TPSA) is 91.1 Å². The van der Waals surface area contributed by atoms with Crippen molar-refractivity contribution in [3.8, 4) is 0 Å². The molecule has 5 N–H and O–H groups in total. The van der Waals surface area contributed by atoms with Gasteiger partial charge in [0.2, 0.25) is 5.91 Å². The van der Waals surface area contributed by atoms with E-state index in [1.54, 1.807) is 0 Å². The lowest BCUT2D eigenvalue weighted by molar-refractivity contribution is -0.122. The maximum atomic E-state index is 12.0. The summed E-state index contributed by atoms with van der Waals surface area (Å²) in [5.74, 6) is 0.101. The van der Waals surface area contributed by atoms with E-state index in [9.17, 15) is 4.79 Å². The van der Waals surface area contributed by atoms with Crippen molar-refractivity contribution in [3.63, 3.8) is 0 Å². The molecule has 0 fully saturated rings. The molecule has 1 aromatic carbocycles. The second kappa shape index (κ2) is 7.24. The van der Waals surface area contributed by atoms with Gasteiger partial charge in [-0.2, -0.15) is 0 Å². The third-order valence-electron chi connectivity index (χ3n) is 3.70. The number of carbonyl (C=O) groups is 1. The third kappa shape index (κ3) is 4.06. The quantitative estimate of drug-likeness (QED) is 0.616. The Hall–Kier alpha value is -1.85. The van der Waals surface area contributed by atoms with Crippen LogP contribution in [0.1, 0.15) is 18.9 Å². The number of H-pyrrole nitrogens is 1. The molecule has 114 valence electrons. The lowest BCUT2D eigenvalue weighted by Crippen LogP contribution is -2.43. The fourth-order valence-electron chi connectivity index (χ4n) is 2.36. The summed E-state index contributed by atoms with van der Waals surface area (Å²) in [4.78, 5) is 15.2. The predicted molar refractivity (Wildman–Crippen MR) is 83.9 cm³/mol. The van der Waals surface area contributed by atoms with E-state index >= 15 is 0 Å². The molecule has 21 heavy (non-hydrogen) atoms. The van der Waals surface area contributed by atoms with E-state index in [1.165, 1.54) is 0 Å². The number of aromatic amines is 1. The van der Waals surface area contributed by atoms with Gasteiger partial charge in [0.15, 0.2) is 0 Å². The first-order valence-electron chi connectivity index (χ1n) is 7.31. The third-order valence-corrected chi connectivity index (χ3v) is 3.70. The van der Waals surface area contributed by atoms with Gasteiger partial charge in [-0.05, 0) is 30.4 Å². The van der Waals surface area contributed by atoms with Crippen LogP contribution in [0.4, 0.5) is 0 Å². The number of hydrogen-bond donors (Lipinski definition) is 4. The van der Waals surface area contributed by atoms with E-state index in [0.29, 0.717) is 19.4 Å². The average Bonchev–Trinajstić information content (AvgIpc) is 2.88. The normalized spacial score (nSPS) is 14.0. The number of hydrogen-bond acceptors (Lipinski definition) is 3. The minimum Gasteiger partial charge on any atom is -0.396 e. The molecule has 1 amide bonds. The number of amides is 1. The number of aromatic nitrogens is 1. The van der Waals surface area contributed by atoms with E-state index in [0.717, 1.165) is 16.5 Å². The van der Waals surface area contributed by atoms with E-state index in [4.69, 9.17) is 10.8 Å². The van der Waals surface area contributed by atoms with Crippen LogP contribution in [-0.4, -0.2) is 35.2 Å². The minimum absolute atomic E-state index is 0.137. The van der Waals surface area contributed by atoms with Crippen molar-refractivity contribution in [2.24, 2.45) is 11.7 Å². The number of para-hydroxylation sites is 1. The van der Waals surface area contributed by atoms with Crippen molar-refractivity contribution >= 4 is 16.8 Å². The first kappa shape index (κ1) is 15.5. The van der Waals surface area contributed by atoms with Gasteiger partial charge in [-0.3, -0.25) is 4.79 Å². The number of nitrogens with one attached hydrogen (secondary N) is 2. The van der Waals surface area contributed by atoms with E-state index in [1.807, 2.05) is 37.4 Å². The van der Waals surface area contributed by atoms with Gasteiger partial charge < -0.3 is 21.1 Å². The zero-order valence-corrected chi connectivity index (χ0v) is 12.3. The predicted octanol–water partition coefficient (Wildman–Crippen LogP) is 1.17. The maximum Gasteiger partial charge on any atom is 0.237 e. The van der Waals surface area contributed by atoms with Crippen LogP contribution in [0, 0.1) is 5.92 Å². The second-order valence-corrected chi connectivity index (χ2v) is 5.53. The Kier molecular flexibility index (Phi) is 5.36. The lowest BCUT2D eigenvalue weighted by Gasteiger charge is -2.15. The molecule has 0 radical (unpaired) electrons. The first-order valence-corrected chi connectivity index (χ1v) is 7.31. The van der Waals surface area contributed by atoms with Gasteiger partial charge in [0, 0.05) is 30.3 Å². The molecule has 0 aliphatic rings. The SMILES string of the molecule is CC(CCO)CNC(=O)[C@H](N)Cc1c[nH]c2ccccc12. The number of fused-ring (bicyclic) bond motifs is 1. The summed E-state index contributed by atoms with van der Waals surface area (Å²) in [5, 5.41) is 12.8. The molecule has 5 nitrogen and oxygen atoms in total. The Morgan fingerprint density at radius 1 is 1.43 bits per heavy atom. The summed E-state index contributed by atoms with van der Waals surface area (Å²) < 4.78 is 0. The Morgan fingerprint density at radius 2 is 2.19 bits per heavy atom. The first-order chi connectivity index (χ1) is 10.1. The van der Waals surface area contributed by atoms with Crippen LogP contribution in [0.2, 0.25) is 0 Å². The van der Waals surface area contributed by atoms with Crippen LogP contribution in [0.3, 0.4) is 0 Å². The highest BCUT2D eigenvalue weighted by atomic mass is 16.3. The Bertz CT molecular complexity index is 594. The highest BCUT2D eigenvalue weighted by Crippen LogP contribution is 2.18. The van der Waals surface area contributed by atoms with Gasteiger partial charge in [0.05, 0.1) is 6.04 Å². The van der Waals surface area contributed by atoms with Gasteiger partial charge in [-0.25, -0.2) is 0 Å². The zero-order valence-electron chi connectivity index (χ0n) is 12.3. The van der Waals surface area contributed by atoms with Crippen molar-refractivity contribution in [2.75, 3.05) is 13.2 Å². The molecule has 2 atom stereocenters. The van der Waals surface area contributed by atoms with Crippen LogP contribution in [-0.2, 0) is 11.2 Å². The standard InChI is InChI=1S/C16H23N3O2/c1-11(6-7-20)9-19-16(21)14(17)8-12-10-18-15-5-3-2-4-13(12)15/h2-5,10-11,14,18,20H,6-9,17H2,1H3,(H,19,21)/t11?,14-/m1/s1. The fourth-order valence-corrected chi connectivity index (χ4v) is 2.36. The summed E-state index contributed by atoms with van der Waals surface area (Å²) in [6.45, 7) is 2.67. The molecule has 1 aromatic heterocycles. The van der Waals surface area contributed by atoms with Crippen molar-refractivity contribution in [2.45, 2.75) is 25.8 Å². The molecule has 0 saturated heterocycles. The van der Waals surface area contributed by atoms with Crippen LogP contribution >= 0.6 is 0 Å². The van der Waals surface area contributed by atoms with Crippen LogP contribution in [0.15, 0.2) is 30.5 Å². The maximum absolute atomic E-state index is 12.0. The van der Waals surface area contributed by atoms with Crippen molar-refractivity contribution in [1.29, 1.82) is 0 Å². The molecule has 1 heterocycles.